The molecule has 0 aliphatic carbocycles. The molecule has 0 spiro atoms. The quantitative estimate of drug-likeness (QED) is 0.725. The van der Waals surface area contributed by atoms with E-state index in [-0.39, 0.29) is 5.91 Å². The fraction of sp³-hybridized carbons (Fsp3) is 0.357. The second kappa shape index (κ2) is 7.28. The molecule has 2 aromatic rings. The highest BCUT2D eigenvalue weighted by Crippen LogP contribution is 2.12. The van der Waals surface area contributed by atoms with Gasteiger partial charge in [0.05, 0.1) is 13.0 Å². The van der Waals surface area contributed by atoms with E-state index in [1.54, 1.807) is 35.3 Å². The molecule has 0 radical (unpaired) electrons. The van der Waals surface area contributed by atoms with E-state index in [1.165, 1.54) is 0 Å². The third kappa shape index (κ3) is 5.13. The highest BCUT2D eigenvalue weighted by atomic mass is 16.5. The fourth-order valence-corrected chi connectivity index (χ4v) is 1.73. The van der Waals surface area contributed by atoms with Crippen LogP contribution in [0.25, 0.3) is 0 Å². The summed E-state index contributed by atoms with van der Waals surface area (Å²) in [4.78, 5) is 15.7. The number of carbonyl (C=O) groups is 1. The van der Waals surface area contributed by atoms with E-state index in [2.05, 4.69) is 15.4 Å². The summed E-state index contributed by atoms with van der Waals surface area (Å²) in [6, 6.07) is 7.07. The van der Waals surface area contributed by atoms with Crippen molar-refractivity contribution in [1.82, 2.24) is 20.1 Å². The van der Waals surface area contributed by atoms with E-state index in [4.69, 9.17) is 10.5 Å². The Morgan fingerprint density at radius 3 is 2.81 bits per heavy atom. The molecule has 7 heteroatoms. The van der Waals surface area contributed by atoms with Crippen molar-refractivity contribution < 1.29 is 9.53 Å². The van der Waals surface area contributed by atoms with Crippen LogP contribution in [0.2, 0.25) is 0 Å². The van der Waals surface area contributed by atoms with Crippen molar-refractivity contribution in [3.05, 3.63) is 36.4 Å². The molecular weight excluding hydrogens is 270 g/mol. The summed E-state index contributed by atoms with van der Waals surface area (Å²) in [5.41, 5.74) is 6.26. The van der Waals surface area contributed by atoms with Gasteiger partial charge in [-0.15, -0.1) is 0 Å². The average molecular weight is 289 g/mol. The summed E-state index contributed by atoms with van der Waals surface area (Å²) in [6.45, 7) is 0.850. The SMILES string of the molecule is Cn1cnc(CCNC(=O)CCOc2ccc(N)cc2)n1. The van der Waals surface area contributed by atoms with Gasteiger partial charge in [-0.2, -0.15) is 5.10 Å². The molecule has 0 fully saturated rings. The summed E-state index contributed by atoms with van der Waals surface area (Å²) in [7, 11) is 1.81. The smallest absolute Gasteiger partial charge is 0.223 e. The van der Waals surface area contributed by atoms with Crippen LogP contribution in [0.1, 0.15) is 12.2 Å². The lowest BCUT2D eigenvalue weighted by Crippen LogP contribution is -2.27. The second-order valence-electron chi connectivity index (χ2n) is 4.60. The van der Waals surface area contributed by atoms with E-state index in [1.807, 2.05) is 7.05 Å². The van der Waals surface area contributed by atoms with Crippen LogP contribution in [-0.4, -0.2) is 33.8 Å². The van der Waals surface area contributed by atoms with Gasteiger partial charge in [-0.1, -0.05) is 0 Å². The molecule has 1 heterocycles. The van der Waals surface area contributed by atoms with Gasteiger partial charge in [0.25, 0.3) is 0 Å². The second-order valence-corrected chi connectivity index (χ2v) is 4.60. The number of aryl methyl sites for hydroxylation is 1. The number of carbonyl (C=O) groups excluding carboxylic acids is 1. The molecule has 2 rings (SSSR count). The van der Waals surface area contributed by atoms with Gasteiger partial charge >= 0.3 is 0 Å². The molecule has 7 nitrogen and oxygen atoms in total. The van der Waals surface area contributed by atoms with Crippen LogP contribution in [0.3, 0.4) is 0 Å². The summed E-state index contributed by atoms with van der Waals surface area (Å²) in [6.07, 6.45) is 2.56. The van der Waals surface area contributed by atoms with E-state index in [0.717, 1.165) is 5.82 Å². The van der Waals surface area contributed by atoms with Crippen molar-refractivity contribution in [1.29, 1.82) is 0 Å². The molecule has 1 aromatic carbocycles. The zero-order chi connectivity index (χ0) is 15.1. The predicted molar refractivity (Wildman–Crippen MR) is 78.7 cm³/mol. The Bertz CT molecular complexity index is 579. The van der Waals surface area contributed by atoms with E-state index in [0.29, 0.717) is 37.4 Å². The summed E-state index contributed by atoms with van der Waals surface area (Å²) in [5.74, 6) is 1.37. The van der Waals surface area contributed by atoms with E-state index >= 15 is 0 Å². The standard InChI is InChI=1S/C14H19N5O2/c1-19-10-17-13(18-19)6-8-16-14(20)7-9-21-12-4-2-11(15)3-5-12/h2-5,10H,6-9,15H2,1H3,(H,16,20). The lowest BCUT2D eigenvalue weighted by atomic mass is 10.3. The monoisotopic (exact) mass is 289 g/mol. The molecule has 0 bridgehead atoms. The predicted octanol–water partition coefficient (Wildman–Crippen LogP) is 0.525. The van der Waals surface area contributed by atoms with Crippen molar-refractivity contribution in [2.45, 2.75) is 12.8 Å². The highest BCUT2D eigenvalue weighted by Gasteiger charge is 2.03. The lowest BCUT2D eigenvalue weighted by molar-refractivity contribution is -0.121. The Hall–Kier alpha value is -2.57. The topological polar surface area (TPSA) is 95.1 Å². The number of rotatable bonds is 7. The fourth-order valence-electron chi connectivity index (χ4n) is 1.73. The minimum absolute atomic E-state index is 0.0543. The number of ether oxygens (including phenoxy) is 1. The third-order valence-electron chi connectivity index (χ3n) is 2.80. The Labute approximate surface area is 123 Å². The number of amides is 1. The molecule has 0 aliphatic rings. The van der Waals surface area contributed by atoms with Crippen LogP contribution in [-0.2, 0) is 18.3 Å². The molecule has 0 aliphatic heterocycles. The first kappa shape index (κ1) is 14.8. The Balaban J connectivity index is 1.60. The van der Waals surface area contributed by atoms with Gasteiger partial charge < -0.3 is 15.8 Å². The van der Waals surface area contributed by atoms with Gasteiger partial charge in [0.15, 0.2) is 5.82 Å². The number of nitrogens with one attached hydrogen (secondary N) is 1. The van der Waals surface area contributed by atoms with Crippen LogP contribution < -0.4 is 15.8 Å². The molecule has 112 valence electrons. The third-order valence-corrected chi connectivity index (χ3v) is 2.80. The largest absolute Gasteiger partial charge is 0.493 e. The zero-order valence-corrected chi connectivity index (χ0v) is 12.0. The number of nitrogens with zero attached hydrogens (tertiary/aromatic N) is 3. The van der Waals surface area contributed by atoms with Gasteiger partial charge in [0, 0.05) is 25.7 Å². The molecule has 1 aromatic heterocycles. The maximum absolute atomic E-state index is 11.6. The maximum atomic E-state index is 11.6. The molecule has 1 amide bonds. The minimum atomic E-state index is -0.0543. The van der Waals surface area contributed by atoms with Gasteiger partial charge in [-0.05, 0) is 24.3 Å². The minimum Gasteiger partial charge on any atom is -0.493 e. The maximum Gasteiger partial charge on any atom is 0.223 e. The lowest BCUT2D eigenvalue weighted by Gasteiger charge is -2.07. The first-order chi connectivity index (χ1) is 10.1. The van der Waals surface area contributed by atoms with Crippen LogP contribution >= 0.6 is 0 Å². The first-order valence-corrected chi connectivity index (χ1v) is 6.73. The zero-order valence-electron chi connectivity index (χ0n) is 12.0. The van der Waals surface area contributed by atoms with E-state index < -0.39 is 0 Å². The highest BCUT2D eigenvalue weighted by molar-refractivity contribution is 5.75. The van der Waals surface area contributed by atoms with E-state index in [9.17, 15) is 4.79 Å². The van der Waals surface area contributed by atoms with Crippen LogP contribution in [0, 0.1) is 0 Å². The summed E-state index contributed by atoms with van der Waals surface area (Å²) < 4.78 is 7.09. The van der Waals surface area contributed by atoms with Gasteiger partial charge in [0.1, 0.15) is 12.1 Å². The van der Waals surface area contributed by atoms with Crippen LogP contribution in [0.4, 0.5) is 5.69 Å². The van der Waals surface area contributed by atoms with Crippen LogP contribution in [0.5, 0.6) is 5.75 Å². The van der Waals surface area contributed by atoms with Crippen molar-refractivity contribution in [3.8, 4) is 5.75 Å². The Kier molecular flexibility index (Phi) is 5.14. The summed E-state index contributed by atoms with van der Waals surface area (Å²) in [5, 5.41) is 6.94. The van der Waals surface area contributed by atoms with Crippen molar-refractivity contribution in [2.75, 3.05) is 18.9 Å². The number of nitrogen functional groups attached to an aromatic ring is 1. The summed E-state index contributed by atoms with van der Waals surface area (Å²) >= 11 is 0. The molecule has 3 N–H and O–H groups in total. The van der Waals surface area contributed by atoms with Crippen molar-refractivity contribution in [2.24, 2.45) is 7.05 Å². The van der Waals surface area contributed by atoms with Gasteiger partial charge in [0.2, 0.25) is 5.91 Å². The van der Waals surface area contributed by atoms with Gasteiger partial charge in [-0.3, -0.25) is 9.48 Å². The van der Waals surface area contributed by atoms with Crippen molar-refractivity contribution in [3.63, 3.8) is 0 Å². The number of hydrogen-bond acceptors (Lipinski definition) is 5. The molecule has 0 atom stereocenters. The molecule has 21 heavy (non-hydrogen) atoms. The van der Waals surface area contributed by atoms with Gasteiger partial charge in [-0.25, -0.2) is 4.98 Å². The molecule has 0 unspecified atom stereocenters. The first-order valence-electron chi connectivity index (χ1n) is 6.73. The Morgan fingerprint density at radius 1 is 1.38 bits per heavy atom. The van der Waals surface area contributed by atoms with Crippen molar-refractivity contribution >= 4 is 11.6 Å². The number of benzene rings is 1. The average Bonchev–Trinajstić information content (AvgIpc) is 2.87. The number of aromatic nitrogens is 3. The number of anilines is 1. The Morgan fingerprint density at radius 2 is 2.14 bits per heavy atom. The molecular formula is C14H19N5O2. The van der Waals surface area contributed by atoms with Crippen LogP contribution in [0.15, 0.2) is 30.6 Å². The molecule has 0 saturated heterocycles. The molecule has 0 saturated carbocycles. The number of hydrogen-bond donors (Lipinski definition) is 2. The normalized spacial score (nSPS) is 10.3. The number of nitrogens with two attached hydrogens (primary N) is 1.